The maximum atomic E-state index is 12.6. The van der Waals surface area contributed by atoms with Gasteiger partial charge in [0.2, 0.25) is 6.10 Å². The zero-order valence-electron chi connectivity index (χ0n) is 16.0. The number of nitrogens with one attached hydrogen (secondary N) is 1. The maximum absolute atomic E-state index is 12.6. The van der Waals surface area contributed by atoms with Gasteiger partial charge in [-0.15, -0.1) is 0 Å². The van der Waals surface area contributed by atoms with Crippen molar-refractivity contribution in [2.24, 2.45) is 0 Å². The molecule has 1 aliphatic rings. The van der Waals surface area contributed by atoms with Crippen molar-refractivity contribution < 1.29 is 19.0 Å². The molecule has 144 valence electrons. The predicted molar refractivity (Wildman–Crippen MR) is 102 cm³/mol. The van der Waals surface area contributed by atoms with Crippen LogP contribution in [0, 0.1) is 0 Å². The van der Waals surface area contributed by atoms with Crippen molar-refractivity contribution in [1.29, 1.82) is 0 Å². The fourth-order valence-corrected chi connectivity index (χ4v) is 2.65. The van der Waals surface area contributed by atoms with Crippen LogP contribution in [0.4, 0.5) is 0 Å². The Kier molecular flexibility index (Phi) is 5.96. The molecule has 2 heterocycles. The normalized spacial score (nSPS) is 17.5. The van der Waals surface area contributed by atoms with E-state index >= 15 is 0 Å². The minimum absolute atomic E-state index is 0.0613. The van der Waals surface area contributed by atoms with Gasteiger partial charge in [-0.2, -0.15) is 0 Å². The molecule has 0 radical (unpaired) electrons. The SMILES string of the molecule is CC(C)(C)OC(=O)C(Oc1cncc(OCc2ccccc2)c1)[C@@H]1CCN1. The molecular weight excluding hydrogens is 344 g/mol. The van der Waals surface area contributed by atoms with Crippen molar-refractivity contribution >= 4 is 5.97 Å². The zero-order chi connectivity index (χ0) is 19.3. The van der Waals surface area contributed by atoms with Gasteiger partial charge < -0.3 is 19.5 Å². The van der Waals surface area contributed by atoms with Crippen molar-refractivity contribution in [1.82, 2.24) is 10.3 Å². The van der Waals surface area contributed by atoms with E-state index in [9.17, 15) is 4.79 Å². The predicted octanol–water partition coefficient (Wildman–Crippen LogP) is 3.11. The Labute approximate surface area is 159 Å². The van der Waals surface area contributed by atoms with Gasteiger partial charge in [0.25, 0.3) is 0 Å². The second-order valence-electron chi connectivity index (χ2n) is 7.55. The zero-order valence-corrected chi connectivity index (χ0v) is 16.0. The van der Waals surface area contributed by atoms with Crippen molar-refractivity contribution in [3.05, 3.63) is 54.4 Å². The van der Waals surface area contributed by atoms with Crippen LogP contribution in [-0.2, 0) is 16.1 Å². The van der Waals surface area contributed by atoms with Crippen molar-refractivity contribution in [2.45, 2.75) is 51.5 Å². The van der Waals surface area contributed by atoms with Gasteiger partial charge in [-0.1, -0.05) is 30.3 Å². The first-order chi connectivity index (χ1) is 12.9. The molecule has 0 aliphatic carbocycles. The number of esters is 1. The van der Waals surface area contributed by atoms with E-state index in [2.05, 4.69) is 10.3 Å². The molecule has 1 aromatic carbocycles. The molecular formula is C21H26N2O4. The van der Waals surface area contributed by atoms with Gasteiger partial charge >= 0.3 is 5.97 Å². The number of hydrogen-bond acceptors (Lipinski definition) is 6. The van der Waals surface area contributed by atoms with Gasteiger partial charge in [0.05, 0.1) is 18.4 Å². The second-order valence-corrected chi connectivity index (χ2v) is 7.55. The molecule has 1 aromatic heterocycles. The molecule has 0 bridgehead atoms. The lowest BCUT2D eigenvalue weighted by molar-refractivity contribution is -0.165. The Morgan fingerprint density at radius 3 is 2.56 bits per heavy atom. The van der Waals surface area contributed by atoms with Gasteiger partial charge in [0, 0.05) is 6.07 Å². The largest absolute Gasteiger partial charge is 0.487 e. The topological polar surface area (TPSA) is 69.7 Å². The van der Waals surface area contributed by atoms with Crippen LogP contribution < -0.4 is 14.8 Å². The fourth-order valence-electron chi connectivity index (χ4n) is 2.65. The number of rotatable bonds is 7. The quantitative estimate of drug-likeness (QED) is 0.755. The highest BCUT2D eigenvalue weighted by Crippen LogP contribution is 2.23. The number of nitrogens with zero attached hydrogens (tertiary/aromatic N) is 1. The summed E-state index contributed by atoms with van der Waals surface area (Å²) in [5.41, 5.74) is 0.496. The summed E-state index contributed by atoms with van der Waals surface area (Å²) >= 11 is 0. The molecule has 27 heavy (non-hydrogen) atoms. The Balaban J connectivity index is 1.66. The van der Waals surface area contributed by atoms with Crippen LogP contribution in [0.25, 0.3) is 0 Å². The molecule has 0 amide bonds. The number of aromatic nitrogens is 1. The number of hydrogen-bond donors (Lipinski definition) is 1. The van der Waals surface area contributed by atoms with E-state index in [-0.39, 0.29) is 12.0 Å². The van der Waals surface area contributed by atoms with Crippen molar-refractivity contribution in [3.8, 4) is 11.5 Å². The first-order valence-corrected chi connectivity index (χ1v) is 9.15. The minimum Gasteiger partial charge on any atom is -0.487 e. The molecule has 0 spiro atoms. The Morgan fingerprint density at radius 2 is 1.93 bits per heavy atom. The molecule has 0 saturated carbocycles. The monoisotopic (exact) mass is 370 g/mol. The number of pyridine rings is 1. The Bertz CT molecular complexity index is 754. The molecule has 1 aliphatic heterocycles. The lowest BCUT2D eigenvalue weighted by Crippen LogP contribution is -2.57. The summed E-state index contributed by atoms with van der Waals surface area (Å²) in [7, 11) is 0. The van der Waals surface area contributed by atoms with Crippen molar-refractivity contribution in [3.63, 3.8) is 0 Å². The van der Waals surface area contributed by atoms with Gasteiger partial charge in [0.1, 0.15) is 23.7 Å². The summed E-state index contributed by atoms with van der Waals surface area (Å²) in [5, 5.41) is 3.22. The molecule has 1 N–H and O–H groups in total. The first-order valence-electron chi connectivity index (χ1n) is 9.15. The third-order valence-electron chi connectivity index (χ3n) is 4.07. The summed E-state index contributed by atoms with van der Waals surface area (Å²) in [6.45, 7) is 6.83. The van der Waals surface area contributed by atoms with E-state index < -0.39 is 11.7 Å². The fraction of sp³-hybridized carbons (Fsp3) is 0.429. The van der Waals surface area contributed by atoms with Crippen molar-refractivity contribution in [2.75, 3.05) is 6.54 Å². The van der Waals surface area contributed by atoms with Gasteiger partial charge in [-0.05, 0) is 39.3 Å². The van der Waals surface area contributed by atoms with E-state index in [4.69, 9.17) is 14.2 Å². The lowest BCUT2D eigenvalue weighted by Gasteiger charge is -2.35. The third kappa shape index (κ3) is 5.69. The van der Waals surface area contributed by atoms with Crippen LogP contribution in [-0.4, -0.2) is 35.2 Å². The van der Waals surface area contributed by atoms with Gasteiger partial charge in [-0.25, -0.2) is 4.79 Å². The van der Waals surface area contributed by atoms with Crippen LogP contribution >= 0.6 is 0 Å². The van der Waals surface area contributed by atoms with Crippen LogP contribution in [0.15, 0.2) is 48.8 Å². The maximum Gasteiger partial charge on any atom is 0.349 e. The third-order valence-corrected chi connectivity index (χ3v) is 4.07. The van der Waals surface area contributed by atoms with Gasteiger partial charge in [-0.3, -0.25) is 4.98 Å². The smallest absolute Gasteiger partial charge is 0.349 e. The Morgan fingerprint density at radius 1 is 1.22 bits per heavy atom. The summed E-state index contributed by atoms with van der Waals surface area (Å²) in [6.07, 6.45) is 3.34. The molecule has 6 heteroatoms. The standard InChI is InChI=1S/C21H26N2O4/c1-21(2,3)27-20(24)19(18-9-10-23-18)26-17-11-16(12-22-13-17)25-14-15-7-5-4-6-8-15/h4-8,11-13,18-19,23H,9-10,14H2,1-3H3/t18-,19?/m0/s1. The lowest BCUT2D eigenvalue weighted by atomic mass is 10.0. The van der Waals surface area contributed by atoms with E-state index in [1.165, 1.54) is 0 Å². The highest BCUT2D eigenvalue weighted by Gasteiger charge is 2.37. The molecule has 3 rings (SSSR count). The number of benzene rings is 1. The molecule has 2 atom stereocenters. The average Bonchev–Trinajstić information content (AvgIpc) is 2.58. The molecule has 6 nitrogen and oxygen atoms in total. The number of carbonyl (C=O) groups is 1. The number of carbonyl (C=O) groups excluding carboxylic acids is 1. The molecule has 1 unspecified atom stereocenters. The summed E-state index contributed by atoms with van der Waals surface area (Å²) in [5.74, 6) is 0.682. The van der Waals surface area contributed by atoms with E-state index in [1.807, 2.05) is 51.1 Å². The summed E-state index contributed by atoms with van der Waals surface area (Å²) in [4.78, 5) is 16.7. The van der Waals surface area contributed by atoms with Gasteiger partial charge in [0.15, 0.2) is 0 Å². The van der Waals surface area contributed by atoms with E-state index in [0.29, 0.717) is 18.1 Å². The molecule has 1 fully saturated rings. The van der Waals surface area contributed by atoms with E-state index in [1.54, 1.807) is 18.5 Å². The second kappa shape index (κ2) is 8.39. The van der Waals surface area contributed by atoms with Crippen LogP contribution in [0.5, 0.6) is 11.5 Å². The van der Waals surface area contributed by atoms with E-state index in [0.717, 1.165) is 18.5 Å². The summed E-state index contributed by atoms with van der Waals surface area (Å²) in [6, 6.07) is 11.6. The van der Waals surface area contributed by atoms with Crippen LogP contribution in [0.1, 0.15) is 32.8 Å². The first kappa shape index (κ1) is 19.2. The average molecular weight is 370 g/mol. The minimum atomic E-state index is -0.718. The molecule has 2 aromatic rings. The molecule has 1 saturated heterocycles. The Hall–Kier alpha value is -2.60. The van der Waals surface area contributed by atoms with Crippen LogP contribution in [0.2, 0.25) is 0 Å². The number of ether oxygens (including phenoxy) is 3. The highest BCUT2D eigenvalue weighted by atomic mass is 16.6. The van der Waals surface area contributed by atoms with Crippen LogP contribution in [0.3, 0.4) is 0 Å². The summed E-state index contributed by atoms with van der Waals surface area (Å²) < 4.78 is 17.2. The highest BCUT2D eigenvalue weighted by molar-refractivity contribution is 5.76.